The molecule has 0 spiro atoms. The molecule has 1 saturated heterocycles. The van der Waals surface area contributed by atoms with Gasteiger partial charge in [-0.25, -0.2) is 0 Å². The van der Waals surface area contributed by atoms with Gasteiger partial charge in [0.05, 0.1) is 17.7 Å². The summed E-state index contributed by atoms with van der Waals surface area (Å²) in [6, 6.07) is 14.4. The predicted molar refractivity (Wildman–Crippen MR) is 94.8 cm³/mol. The Morgan fingerprint density at radius 1 is 1.00 bits per heavy atom. The fourth-order valence-corrected chi connectivity index (χ4v) is 2.88. The van der Waals surface area contributed by atoms with Crippen LogP contribution in [0.15, 0.2) is 48.5 Å². The number of hydrogen-bond donors (Lipinski definition) is 2. The molecule has 0 bridgehead atoms. The van der Waals surface area contributed by atoms with Crippen LogP contribution < -0.4 is 11.1 Å². The number of likely N-dealkylation sites (tertiary alicyclic amines) is 1. The molecule has 0 aromatic heterocycles. The summed E-state index contributed by atoms with van der Waals surface area (Å²) < 4.78 is 0. The monoisotopic (exact) mass is 323 g/mol. The van der Waals surface area contributed by atoms with Crippen LogP contribution in [0.1, 0.15) is 28.8 Å². The molecular weight excluding hydrogens is 302 g/mol. The van der Waals surface area contributed by atoms with E-state index < -0.39 is 0 Å². The normalized spacial score (nSPS) is 13.8. The maximum absolute atomic E-state index is 12.6. The fraction of sp³-hybridized carbons (Fsp3) is 0.263. The molecule has 124 valence electrons. The van der Waals surface area contributed by atoms with E-state index in [0.717, 1.165) is 31.5 Å². The van der Waals surface area contributed by atoms with Crippen LogP contribution in [0.3, 0.4) is 0 Å². The first kappa shape index (κ1) is 16.1. The van der Waals surface area contributed by atoms with Gasteiger partial charge in [0, 0.05) is 18.8 Å². The average Bonchev–Trinajstić information content (AvgIpc) is 3.11. The Kier molecular flexibility index (Phi) is 4.79. The van der Waals surface area contributed by atoms with E-state index in [1.54, 1.807) is 24.3 Å². The van der Waals surface area contributed by atoms with Gasteiger partial charge in [-0.1, -0.05) is 24.3 Å². The zero-order valence-electron chi connectivity index (χ0n) is 13.5. The zero-order chi connectivity index (χ0) is 16.9. The van der Waals surface area contributed by atoms with Crippen molar-refractivity contribution in [2.45, 2.75) is 19.3 Å². The molecule has 0 aliphatic carbocycles. The van der Waals surface area contributed by atoms with E-state index in [-0.39, 0.29) is 18.2 Å². The zero-order valence-corrected chi connectivity index (χ0v) is 13.5. The SMILES string of the molecule is Nc1ccc(CC(=O)Nc2ccccc2C(=O)N2CCCC2)cc1. The Balaban J connectivity index is 1.71. The number of amides is 2. The van der Waals surface area contributed by atoms with Gasteiger partial charge in [0.2, 0.25) is 5.91 Å². The number of nitrogen functional groups attached to an aromatic ring is 1. The van der Waals surface area contributed by atoms with Gasteiger partial charge in [0.25, 0.3) is 5.91 Å². The minimum atomic E-state index is -0.151. The molecule has 1 aliphatic rings. The molecule has 3 N–H and O–H groups in total. The van der Waals surface area contributed by atoms with Crippen molar-refractivity contribution in [3.05, 3.63) is 59.7 Å². The predicted octanol–water partition coefficient (Wildman–Crippen LogP) is 2.69. The van der Waals surface area contributed by atoms with Crippen LogP contribution in [0.5, 0.6) is 0 Å². The van der Waals surface area contributed by atoms with Gasteiger partial charge >= 0.3 is 0 Å². The summed E-state index contributed by atoms with van der Waals surface area (Å²) in [5.41, 5.74) is 8.31. The van der Waals surface area contributed by atoms with Crippen molar-refractivity contribution >= 4 is 23.2 Å². The summed E-state index contributed by atoms with van der Waals surface area (Å²) >= 11 is 0. The molecule has 2 amide bonds. The summed E-state index contributed by atoms with van der Waals surface area (Å²) in [5.74, 6) is -0.169. The highest BCUT2D eigenvalue weighted by Crippen LogP contribution is 2.20. The Labute approximate surface area is 141 Å². The first-order valence-electron chi connectivity index (χ1n) is 8.16. The molecule has 0 unspecified atom stereocenters. The molecule has 24 heavy (non-hydrogen) atoms. The largest absolute Gasteiger partial charge is 0.399 e. The lowest BCUT2D eigenvalue weighted by molar-refractivity contribution is -0.115. The topological polar surface area (TPSA) is 75.4 Å². The van der Waals surface area contributed by atoms with Gasteiger partial charge in [-0.15, -0.1) is 0 Å². The second kappa shape index (κ2) is 7.17. The van der Waals surface area contributed by atoms with Crippen molar-refractivity contribution in [3.8, 4) is 0 Å². The highest BCUT2D eigenvalue weighted by Gasteiger charge is 2.22. The summed E-state index contributed by atoms with van der Waals surface area (Å²) in [7, 11) is 0. The van der Waals surface area contributed by atoms with Crippen LogP contribution in [0.25, 0.3) is 0 Å². The Hall–Kier alpha value is -2.82. The van der Waals surface area contributed by atoms with E-state index in [0.29, 0.717) is 16.9 Å². The van der Waals surface area contributed by atoms with E-state index in [4.69, 9.17) is 5.73 Å². The van der Waals surface area contributed by atoms with Crippen LogP contribution in [-0.2, 0) is 11.2 Å². The van der Waals surface area contributed by atoms with Gasteiger partial charge in [0.1, 0.15) is 0 Å². The van der Waals surface area contributed by atoms with Crippen LogP contribution in [-0.4, -0.2) is 29.8 Å². The van der Waals surface area contributed by atoms with Gasteiger partial charge in [-0.05, 0) is 42.7 Å². The van der Waals surface area contributed by atoms with Gasteiger partial charge in [-0.3, -0.25) is 9.59 Å². The summed E-state index contributed by atoms with van der Waals surface area (Å²) in [6.07, 6.45) is 2.32. The van der Waals surface area contributed by atoms with Crippen molar-refractivity contribution < 1.29 is 9.59 Å². The molecular formula is C19H21N3O2. The number of rotatable bonds is 4. The first-order chi connectivity index (χ1) is 11.6. The minimum absolute atomic E-state index is 0.0177. The number of anilines is 2. The van der Waals surface area contributed by atoms with E-state index in [2.05, 4.69) is 5.32 Å². The van der Waals surface area contributed by atoms with Crippen LogP contribution in [0, 0.1) is 0 Å². The molecule has 0 radical (unpaired) electrons. The van der Waals surface area contributed by atoms with Crippen LogP contribution >= 0.6 is 0 Å². The smallest absolute Gasteiger partial charge is 0.255 e. The number of nitrogens with one attached hydrogen (secondary N) is 1. The minimum Gasteiger partial charge on any atom is -0.399 e. The second-order valence-electron chi connectivity index (χ2n) is 6.01. The molecule has 5 nitrogen and oxygen atoms in total. The first-order valence-corrected chi connectivity index (χ1v) is 8.16. The van der Waals surface area contributed by atoms with Crippen LogP contribution in [0.4, 0.5) is 11.4 Å². The molecule has 1 aliphatic heterocycles. The second-order valence-corrected chi connectivity index (χ2v) is 6.01. The summed E-state index contributed by atoms with van der Waals surface area (Å²) in [5, 5.41) is 2.86. The number of hydrogen-bond acceptors (Lipinski definition) is 3. The Morgan fingerprint density at radius 3 is 2.38 bits per heavy atom. The number of carbonyl (C=O) groups excluding carboxylic acids is 2. The molecule has 0 saturated carbocycles. The van der Waals surface area contributed by atoms with Gasteiger partial charge in [0.15, 0.2) is 0 Å². The standard InChI is InChI=1S/C19H21N3O2/c20-15-9-7-14(8-10-15)13-18(23)21-17-6-2-1-5-16(17)19(24)22-11-3-4-12-22/h1-2,5-10H,3-4,11-13,20H2,(H,21,23). The van der Waals surface area contributed by atoms with E-state index in [1.807, 2.05) is 29.2 Å². The fourth-order valence-electron chi connectivity index (χ4n) is 2.88. The van der Waals surface area contributed by atoms with Crippen molar-refractivity contribution in [1.29, 1.82) is 0 Å². The maximum Gasteiger partial charge on any atom is 0.255 e. The third-order valence-electron chi connectivity index (χ3n) is 4.17. The Morgan fingerprint density at radius 2 is 1.67 bits per heavy atom. The number of nitrogens with zero attached hydrogens (tertiary/aromatic N) is 1. The summed E-state index contributed by atoms with van der Waals surface area (Å²) in [6.45, 7) is 1.57. The quantitative estimate of drug-likeness (QED) is 0.850. The third-order valence-corrected chi connectivity index (χ3v) is 4.17. The number of nitrogens with two attached hydrogens (primary N) is 1. The third kappa shape index (κ3) is 3.74. The number of benzene rings is 2. The molecule has 2 aromatic rings. The molecule has 0 atom stereocenters. The van der Waals surface area contributed by atoms with Crippen molar-refractivity contribution in [2.24, 2.45) is 0 Å². The molecule has 2 aromatic carbocycles. The van der Waals surface area contributed by atoms with Gasteiger partial charge in [-0.2, -0.15) is 0 Å². The van der Waals surface area contributed by atoms with E-state index in [9.17, 15) is 9.59 Å². The van der Waals surface area contributed by atoms with Gasteiger partial charge < -0.3 is 16.0 Å². The molecule has 3 rings (SSSR count). The highest BCUT2D eigenvalue weighted by molar-refractivity contribution is 6.04. The van der Waals surface area contributed by atoms with Crippen molar-refractivity contribution in [2.75, 3.05) is 24.1 Å². The molecule has 1 heterocycles. The van der Waals surface area contributed by atoms with Crippen molar-refractivity contribution in [1.82, 2.24) is 4.90 Å². The lowest BCUT2D eigenvalue weighted by atomic mass is 10.1. The lowest BCUT2D eigenvalue weighted by Crippen LogP contribution is -2.29. The highest BCUT2D eigenvalue weighted by atomic mass is 16.2. The molecule has 1 fully saturated rings. The van der Waals surface area contributed by atoms with E-state index in [1.165, 1.54) is 0 Å². The lowest BCUT2D eigenvalue weighted by Gasteiger charge is -2.18. The number of carbonyl (C=O) groups is 2. The number of para-hydroxylation sites is 1. The molecule has 5 heteroatoms. The Bertz CT molecular complexity index is 735. The average molecular weight is 323 g/mol. The maximum atomic E-state index is 12.6. The van der Waals surface area contributed by atoms with Crippen LogP contribution in [0.2, 0.25) is 0 Å². The summed E-state index contributed by atoms with van der Waals surface area (Å²) in [4.78, 5) is 26.7. The van der Waals surface area contributed by atoms with Crippen molar-refractivity contribution in [3.63, 3.8) is 0 Å². The van der Waals surface area contributed by atoms with E-state index >= 15 is 0 Å².